The summed E-state index contributed by atoms with van der Waals surface area (Å²) < 4.78 is 0. The van der Waals surface area contributed by atoms with Crippen molar-refractivity contribution >= 4 is 0 Å². The summed E-state index contributed by atoms with van der Waals surface area (Å²) in [6.07, 6.45) is 6.57. The molecule has 1 nitrogen and oxygen atoms in total. The van der Waals surface area contributed by atoms with E-state index in [2.05, 4.69) is 12.0 Å². The average Bonchev–Trinajstić information content (AvgIpc) is 2.15. The van der Waals surface area contributed by atoms with Crippen LogP contribution in [0.5, 0.6) is 0 Å². The van der Waals surface area contributed by atoms with Crippen LogP contribution >= 0.6 is 0 Å². The Balaban J connectivity index is 2.68. The zero-order valence-electron chi connectivity index (χ0n) is 6.75. The molecule has 1 aromatic carbocycles. The molecule has 0 aliphatic rings. The third-order valence-corrected chi connectivity index (χ3v) is 1.65. The van der Waals surface area contributed by atoms with Gasteiger partial charge < -0.3 is 0 Å². The van der Waals surface area contributed by atoms with Gasteiger partial charge in [-0.05, 0) is 24.1 Å². The van der Waals surface area contributed by atoms with Gasteiger partial charge in [0, 0.05) is 12.0 Å². The van der Waals surface area contributed by atoms with Crippen LogP contribution in [0.2, 0.25) is 0 Å². The lowest BCUT2D eigenvalue weighted by molar-refractivity contribution is 1.01. The molecule has 0 aromatic heterocycles. The van der Waals surface area contributed by atoms with Crippen LogP contribution in [-0.2, 0) is 6.42 Å². The molecule has 12 heavy (non-hydrogen) atoms. The molecular formula is C11H9N. The fourth-order valence-corrected chi connectivity index (χ4v) is 0.968. The number of hydrogen-bond donors (Lipinski definition) is 0. The highest BCUT2D eigenvalue weighted by molar-refractivity contribution is 5.34. The quantitative estimate of drug-likeness (QED) is 0.600. The van der Waals surface area contributed by atoms with Crippen molar-refractivity contribution in [1.82, 2.24) is 0 Å². The van der Waals surface area contributed by atoms with Crippen LogP contribution in [0.15, 0.2) is 24.3 Å². The molecule has 0 spiro atoms. The van der Waals surface area contributed by atoms with Crippen LogP contribution < -0.4 is 0 Å². The van der Waals surface area contributed by atoms with Crippen molar-refractivity contribution in [3.05, 3.63) is 35.4 Å². The van der Waals surface area contributed by atoms with Gasteiger partial charge in [0.25, 0.3) is 0 Å². The summed E-state index contributed by atoms with van der Waals surface area (Å²) in [6, 6.07) is 9.83. The Morgan fingerprint density at radius 2 is 1.92 bits per heavy atom. The maximum absolute atomic E-state index is 8.35. The lowest BCUT2D eigenvalue weighted by Gasteiger charge is -1.96. The molecule has 0 amide bonds. The molecule has 1 rings (SSSR count). The van der Waals surface area contributed by atoms with E-state index in [9.17, 15) is 0 Å². The zero-order valence-corrected chi connectivity index (χ0v) is 6.75. The Hall–Kier alpha value is -1.73. The van der Waals surface area contributed by atoms with Crippen LogP contribution in [0.4, 0.5) is 0 Å². The fourth-order valence-electron chi connectivity index (χ4n) is 0.968. The van der Waals surface area contributed by atoms with Gasteiger partial charge in [-0.3, -0.25) is 0 Å². The van der Waals surface area contributed by atoms with Gasteiger partial charge in [0.15, 0.2) is 0 Å². The second kappa shape index (κ2) is 4.21. The van der Waals surface area contributed by atoms with Crippen molar-refractivity contribution in [2.75, 3.05) is 0 Å². The van der Waals surface area contributed by atoms with E-state index in [1.165, 1.54) is 0 Å². The summed E-state index contributed by atoms with van der Waals surface area (Å²) in [6.45, 7) is 0. The second-order valence-electron chi connectivity index (χ2n) is 2.50. The van der Waals surface area contributed by atoms with Crippen molar-refractivity contribution in [1.29, 1.82) is 5.26 Å². The molecular weight excluding hydrogens is 146 g/mol. The number of nitriles is 1. The third kappa shape index (κ3) is 2.15. The minimum atomic E-state index is 0.565. The molecule has 1 aromatic rings. The molecule has 0 aliphatic heterocycles. The first kappa shape index (κ1) is 8.37. The summed E-state index contributed by atoms with van der Waals surface area (Å²) in [5.74, 6) is 2.55. The summed E-state index contributed by atoms with van der Waals surface area (Å²) in [4.78, 5) is 0. The smallest absolute Gasteiger partial charge is 0.0625 e. The molecule has 0 N–H and O–H groups in total. The number of nitrogens with zero attached hydrogens (tertiary/aromatic N) is 1. The van der Waals surface area contributed by atoms with E-state index >= 15 is 0 Å². The molecule has 0 fully saturated rings. The van der Waals surface area contributed by atoms with E-state index in [0.717, 1.165) is 17.5 Å². The van der Waals surface area contributed by atoms with Crippen molar-refractivity contribution in [2.24, 2.45) is 0 Å². The first-order chi connectivity index (χ1) is 5.86. The summed E-state index contributed by atoms with van der Waals surface area (Å²) in [5.41, 5.74) is 2.05. The molecule has 0 unspecified atom stereocenters. The standard InChI is InChI=1S/C11H9N/c1-2-10-5-7-11(8-6-10)4-3-9-12/h1,5-8H,3-4H2. The molecule has 0 bridgehead atoms. The monoisotopic (exact) mass is 155 g/mol. The number of benzene rings is 1. The zero-order chi connectivity index (χ0) is 8.81. The van der Waals surface area contributed by atoms with Gasteiger partial charge >= 0.3 is 0 Å². The number of rotatable bonds is 2. The van der Waals surface area contributed by atoms with Gasteiger partial charge in [-0.2, -0.15) is 5.26 Å². The molecule has 0 heterocycles. The predicted octanol–water partition coefficient (Wildman–Crippen LogP) is 2.12. The van der Waals surface area contributed by atoms with E-state index in [-0.39, 0.29) is 0 Å². The van der Waals surface area contributed by atoms with Gasteiger partial charge in [0.1, 0.15) is 0 Å². The Morgan fingerprint density at radius 1 is 1.25 bits per heavy atom. The van der Waals surface area contributed by atoms with Crippen molar-refractivity contribution in [2.45, 2.75) is 12.8 Å². The van der Waals surface area contributed by atoms with Crippen molar-refractivity contribution in [3.8, 4) is 18.4 Å². The predicted molar refractivity (Wildman–Crippen MR) is 48.3 cm³/mol. The number of terminal acetylenes is 1. The van der Waals surface area contributed by atoms with Crippen molar-refractivity contribution in [3.63, 3.8) is 0 Å². The topological polar surface area (TPSA) is 23.8 Å². The Labute approximate surface area is 72.6 Å². The largest absolute Gasteiger partial charge is 0.198 e. The normalized spacial score (nSPS) is 8.50. The van der Waals surface area contributed by atoms with E-state index in [1.54, 1.807) is 0 Å². The molecule has 0 atom stereocenters. The van der Waals surface area contributed by atoms with Gasteiger partial charge in [0.05, 0.1) is 6.07 Å². The second-order valence-corrected chi connectivity index (χ2v) is 2.50. The fraction of sp³-hybridized carbons (Fsp3) is 0.182. The first-order valence-corrected chi connectivity index (χ1v) is 3.79. The van der Waals surface area contributed by atoms with Gasteiger partial charge in [0.2, 0.25) is 0 Å². The minimum Gasteiger partial charge on any atom is -0.198 e. The highest BCUT2D eigenvalue weighted by atomic mass is 14.2. The van der Waals surface area contributed by atoms with E-state index in [4.69, 9.17) is 11.7 Å². The van der Waals surface area contributed by atoms with Gasteiger partial charge in [-0.25, -0.2) is 0 Å². The highest BCUT2D eigenvalue weighted by Crippen LogP contribution is 2.05. The van der Waals surface area contributed by atoms with Crippen LogP contribution in [0.25, 0.3) is 0 Å². The SMILES string of the molecule is C#Cc1ccc(CCC#N)cc1. The minimum absolute atomic E-state index is 0.565. The first-order valence-electron chi connectivity index (χ1n) is 3.79. The van der Waals surface area contributed by atoms with E-state index in [0.29, 0.717) is 6.42 Å². The number of aryl methyl sites for hydroxylation is 1. The Morgan fingerprint density at radius 3 is 2.42 bits per heavy atom. The summed E-state index contributed by atoms with van der Waals surface area (Å²) >= 11 is 0. The van der Waals surface area contributed by atoms with Crippen LogP contribution in [0.1, 0.15) is 17.5 Å². The molecule has 0 saturated heterocycles. The molecule has 0 aliphatic carbocycles. The molecule has 58 valence electrons. The molecule has 0 radical (unpaired) electrons. The van der Waals surface area contributed by atoms with Gasteiger partial charge in [-0.15, -0.1) is 6.42 Å². The van der Waals surface area contributed by atoms with Gasteiger partial charge in [-0.1, -0.05) is 18.1 Å². The lowest BCUT2D eigenvalue weighted by atomic mass is 10.1. The molecule has 1 heteroatoms. The van der Waals surface area contributed by atoms with E-state index in [1.807, 2.05) is 24.3 Å². The van der Waals surface area contributed by atoms with Crippen LogP contribution in [-0.4, -0.2) is 0 Å². The van der Waals surface area contributed by atoms with E-state index < -0.39 is 0 Å². The molecule has 0 saturated carbocycles. The summed E-state index contributed by atoms with van der Waals surface area (Å²) in [7, 11) is 0. The average molecular weight is 155 g/mol. The highest BCUT2D eigenvalue weighted by Gasteiger charge is 1.91. The Kier molecular flexibility index (Phi) is 2.94. The van der Waals surface area contributed by atoms with Crippen LogP contribution in [0, 0.1) is 23.7 Å². The third-order valence-electron chi connectivity index (χ3n) is 1.65. The Bertz CT molecular complexity index is 322. The lowest BCUT2D eigenvalue weighted by Crippen LogP contribution is -1.83. The van der Waals surface area contributed by atoms with Crippen molar-refractivity contribution < 1.29 is 0 Å². The maximum atomic E-state index is 8.35. The maximum Gasteiger partial charge on any atom is 0.0625 e. The van der Waals surface area contributed by atoms with Crippen LogP contribution in [0.3, 0.4) is 0 Å². The number of hydrogen-bond acceptors (Lipinski definition) is 1. The summed E-state index contributed by atoms with van der Waals surface area (Å²) in [5, 5.41) is 8.35.